The fourth-order valence-electron chi connectivity index (χ4n) is 3.86. The third-order valence-corrected chi connectivity index (χ3v) is 5.24. The number of piperidine rings is 1. The van der Waals surface area contributed by atoms with E-state index in [1.807, 2.05) is 4.90 Å². The van der Waals surface area contributed by atoms with Gasteiger partial charge in [0.05, 0.1) is 11.3 Å². The highest BCUT2D eigenvalue weighted by molar-refractivity contribution is 5.97. The summed E-state index contributed by atoms with van der Waals surface area (Å²) in [5, 5.41) is 21.2. The molecule has 2 atom stereocenters. The smallest absolute Gasteiger partial charge is 0.258 e. The highest BCUT2D eigenvalue weighted by Gasteiger charge is 2.38. The summed E-state index contributed by atoms with van der Waals surface area (Å²) in [5.74, 6) is 0.0130. The number of carbonyl (C=O) groups excluding carboxylic acids is 2. The van der Waals surface area contributed by atoms with Crippen molar-refractivity contribution in [3.05, 3.63) is 30.1 Å². The number of aromatic hydroxyl groups is 1. The summed E-state index contributed by atoms with van der Waals surface area (Å²) in [6, 6.07) is 4.69. The van der Waals surface area contributed by atoms with E-state index in [0.717, 1.165) is 12.8 Å². The lowest BCUT2D eigenvalue weighted by Crippen LogP contribution is -2.47. The predicted octanol–water partition coefficient (Wildman–Crippen LogP) is 0.451. The Hall–Kier alpha value is -2.97. The van der Waals surface area contributed by atoms with Crippen molar-refractivity contribution in [2.75, 3.05) is 19.6 Å². The minimum absolute atomic E-state index is 0.0266. The molecular formula is C17H20N6O3. The van der Waals surface area contributed by atoms with Crippen LogP contribution in [-0.2, 0) is 4.79 Å². The third-order valence-electron chi connectivity index (χ3n) is 5.24. The lowest BCUT2D eigenvalue weighted by atomic mass is 9.94. The van der Waals surface area contributed by atoms with Crippen LogP contribution in [0.25, 0.3) is 5.69 Å². The van der Waals surface area contributed by atoms with E-state index >= 15 is 0 Å². The van der Waals surface area contributed by atoms with Crippen LogP contribution in [0.4, 0.5) is 0 Å². The van der Waals surface area contributed by atoms with Gasteiger partial charge >= 0.3 is 0 Å². The second-order valence-electron chi connectivity index (χ2n) is 6.93. The molecule has 5 rings (SSSR count). The molecule has 2 bridgehead atoms. The first-order chi connectivity index (χ1) is 12.5. The van der Waals surface area contributed by atoms with Crippen LogP contribution in [0.5, 0.6) is 5.75 Å². The van der Waals surface area contributed by atoms with E-state index in [4.69, 9.17) is 0 Å². The van der Waals surface area contributed by atoms with Crippen molar-refractivity contribution in [1.82, 2.24) is 30.0 Å². The topological polar surface area (TPSA) is 104 Å². The maximum absolute atomic E-state index is 13.2. The number of phenols is 1. The number of fused-ring (bicyclic) bond motifs is 4. The van der Waals surface area contributed by atoms with E-state index in [1.54, 1.807) is 24.0 Å². The van der Waals surface area contributed by atoms with Gasteiger partial charge in [0.25, 0.3) is 5.91 Å². The number of hydrogen-bond donors (Lipinski definition) is 1. The van der Waals surface area contributed by atoms with E-state index in [0.29, 0.717) is 25.3 Å². The molecule has 0 spiro atoms. The molecule has 9 heteroatoms. The van der Waals surface area contributed by atoms with Gasteiger partial charge in [-0.15, -0.1) is 5.10 Å². The van der Waals surface area contributed by atoms with E-state index in [9.17, 15) is 14.7 Å². The van der Waals surface area contributed by atoms with Crippen molar-refractivity contribution in [1.29, 1.82) is 0 Å². The Balaban J connectivity index is 1.64. The van der Waals surface area contributed by atoms with E-state index in [2.05, 4.69) is 15.5 Å². The monoisotopic (exact) mass is 356 g/mol. The molecule has 1 aromatic heterocycles. The molecule has 9 nitrogen and oxygen atoms in total. The van der Waals surface area contributed by atoms with Crippen molar-refractivity contribution in [2.24, 2.45) is 5.92 Å². The maximum Gasteiger partial charge on any atom is 0.258 e. The van der Waals surface area contributed by atoms with Gasteiger partial charge in [0, 0.05) is 32.6 Å². The second kappa shape index (κ2) is 6.40. The van der Waals surface area contributed by atoms with Crippen LogP contribution in [0.1, 0.15) is 30.1 Å². The van der Waals surface area contributed by atoms with Gasteiger partial charge in [0.2, 0.25) is 5.91 Å². The number of aromatic nitrogens is 4. The molecule has 3 aliphatic rings. The average molecular weight is 356 g/mol. The molecular weight excluding hydrogens is 336 g/mol. The number of hydrogen-bond acceptors (Lipinski definition) is 6. The Bertz CT molecular complexity index is 837. The zero-order valence-electron chi connectivity index (χ0n) is 14.4. The van der Waals surface area contributed by atoms with Crippen molar-refractivity contribution in [3.8, 4) is 11.4 Å². The molecule has 0 radical (unpaired) electrons. The van der Waals surface area contributed by atoms with Crippen molar-refractivity contribution >= 4 is 11.8 Å². The van der Waals surface area contributed by atoms with Crippen molar-refractivity contribution < 1.29 is 14.7 Å². The van der Waals surface area contributed by atoms with Crippen LogP contribution in [-0.4, -0.2) is 72.6 Å². The molecule has 3 aliphatic heterocycles. The first-order valence-corrected chi connectivity index (χ1v) is 8.66. The Morgan fingerprint density at radius 1 is 1.19 bits per heavy atom. The van der Waals surface area contributed by atoms with Crippen LogP contribution in [0, 0.1) is 5.92 Å². The van der Waals surface area contributed by atoms with Crippen LogP contribution < -0.4 is 0 Å². The fourth-order valence-corrected chi connectivity index (χ4v) is 3.86. The largest absolute Gasteiger partial charge is 0.507 e. The van der Waals surface area contributed by atoms with E-state index < -0.39 is 0 Å². The zero-order valence-corrected chi connectivity index (χ0v) is 14.4. The standard InChI is InChI=1S/C17H20N6O3/c1-11(24)21-7-12-2-3-14(9-21)22(8-12)17(26)15-6-13(4-5-16(15)25)23-10-18-19-20-23/h4-6,10,12,14,25H,2-3,7-9H2,1H3/t12-,14+/m0/s1. The summed E-state index contributed by atoms with van der Waals surface area (Å²) in [7, 11) is 0. The molecule has 3 saturated heterocycles. The molecule has 3 fully saturated rings. The van der Waals surface area contributed by atoms with Gasteiger partial charge in [-0.2, -0.15) is 0 Å². The Morgan fingerprint density at radius 2 is 2.04 bits per heavy atom. The zero-order chi connectivity index (χ0) is 18.3. The first-order valence-electron chi connectivity index (χ1n) is 8.66. The molecule has 1 N–H and O–H groups in total. The van der Waals surface area contributed by atoms with Gasteiger partial charge in [-0.05, 0) is 47.4 Å². The summed E-state index contributed by atoms with van der Waals surface area (Å²) >= 11 is 0. The number of nitrogens with zero attached hydrogens (tertiary/aromatic N) is 6. The SMILES string of the molecule is CC(=O)N1C[C@@H]2CC[C@H](C1)N(C(=O)c1cc(-n3cnnn3)ccc1O)C2. The number of carbonyl (C=O) groups is 2. The summed E-state index contributed by atoms with van der Waals surface area (Å²) in [6.07, 6.45) is 3.31. The summed E-state index contributed by atoms with van der Waals surface area (Å²) < 4.78 is 1.43. The van der Waals surface area contributed by atoms with Gasteiger partial charge in [-0.1, -0.05) is 0 Å². The third kappa shape index (κ3) is 2.89. The van der Waals surface area contributed by atoms with Gasteiger partial charge in [0.1, 0.15) is 12.1 Å². The lowest BCUT2D eigenvalue weighted by Gasteiger charge is -2.36. The number of benzene rings is 1. The Labute approximate surface area is 150 Å². The molecule has 136 valence electrons. The van der Waals surface area contributed by atoms with Crippen LogP contribution in [0.2, 0.25) is 0 Å². The second-order valence-corrected chi connectivity index (χ2v) is 6.93. The Morgan fingerprint density at radius 3 is 2.77 bits per heavy atom. The highest BCUT2D eigenvalue weighted by Crippen LogP contribution is 2.31. The number of tetrazole rings is 1. The van der Waals surface area contributed by atoms with Gasteiger partial charge in [0.15, 0.2) is 0 Å². The molecule has 26 heavy (non-hydrogen) atoms. The minimum atomic E-state index is -0.225. The molecule has 0 aliphatic carbocycles. The number of phenolic OH excluding ortho intramolecular Hbond substituents is 1. The molecule has 2 amide bonds. The van der Waals surface area contributed by atoms with Crippen LogP contribution in [0.15, 0.2) is 24.5 Å². The number of rotatable bonds is 2. The highest BCUT2D eigenvalue weighted by atomic mass is 16.3. The van der Waals surface area contributed by atoms with Crippen molar-refractivity contribution in [2.45, 2.75) is 25.8 Å². The van der Waals surface area contributed by atoms with Crippen molar-refractivity contribution in [3.63, 3.8) is 0 Å². The minimum Gasteiger partial charge on any atom is -0.507 e. The van der Waals surface area contributed by atoms with Crippen LogP contribution >= 0.6 is 0 Å². The van der Waals surface area contributed by atoms with E-state index in [1.165, 1.54) is 17.1 Å². The quantitative estimate of drug-likeness (QED) is 0.838. The fraction of sp³-hybridized carbons (Fsp3) is 0.471. The lowest BCUT2D eigenvalue weighted by molar-refractivity contribution is -0.129. The van der Waals surface area contributed by atoms with E-state index in [-0.39, 0.29) is 35.1 Å². The number of amides is 2. The molecule has 1 aromatic carbocycles. The van der Waals surface area contributed by atoms with Crippen LogP contribution in [0.3, 0.4) is 0 Å². The molecule has 0 unspecified atom stereocenters. The molecule has 0 saturated carbocycles. The van der Waals surface area contributed by atoms with Gasteiger partial charge < -0.3 is 14.9 Å². The average Bonchev–Trinajstić information content (AvgIpc) is 3.01. The summed E-state index contributed by atoms with van der Waals surface area (Å²) in [4.78, 5) is 28.6. The predicted molar refractivity (Wildman–Crippen MR) is 90.6 cm³/mol. The summed E-state index contributed by atoms with van der Waals surface area (Å²) in [5.41, 5.74) is 0.821. The van der Waals surface area contributed by atoms with Gasteiger partial charge in [-0.3, -0.25) is 9.59 Å². The van der Waals surface area contributed by atoms with Gasteiger partial charge in [-0.25, -0.2) is 4.68 Å². The normalized spacial score (nSPS) is 22.3. The maximum atomic E-state index is 13.2. The molecule has 4 heterocycles. The Kier molecular flexibility index (Phi) is 4.06. The molecule has 2 aromatic rings. The first kappa shape index (κ1) is 16.5. The summed E-state index contributed by atoms with van der Waals surface area (Å²) in [6.45, 7) is 3.40.